The van der Waals surface area contributed by atoms with E-state index in [0.29, 0.717) is 11.4 Å². The molecule has 2 aromatic rings. The van der Waals surface area contributed by atoms with Crippen molar-refractivity contribution in [2.45, 2.75) is 63.7 Å². The van der Waals surface area contributed by atoms with Gasteiger partial charge in [-0.25, -0.2) is 14.8 Å². The van der Waals surface area contributed by atoms with E-state index in [-0.39, 0.29) is 25.2 Å². The number of H-pyrrole nitrogens is 2. The SMILES string of the molecule is CC(C)C(N)C(=O)NC(Cc1cnc[nH]1)C(=O)NC(CCC(=O)O)C(=O)NC(Cc1cnc[nH]1)C(=O)O. The molecule has 2 heterocycles. The van der Waals surface area contributed by atoms with E-state index in [0.717, 1.165) is 0 Å². The average molecular weight is 521 g/mol. The molecule has 0 bridgehead atoms. The van der Waals surface area contributed by atoms with Crippen LogP contribution in [0.1, 0.15) is 38.1 Å². The molecule has 0 aromatic carbocycles. The fourth-order valence-electron chi connectivity index (χ4n) is 3.29. The van der Waals surface area contributed by atoms with E-state index in [2.05, 4.69) is 35.9 Å². The van der Waals surface area contributed by atoms with Crippen LogP contribution in [-0.2, 0) is 36.8 Å². The number of carbonyl (C=O) groups excluding carboxylic acids is 3. The van der Waals surface area contributed by atoms with Gasteiger partial charge in [0.1, 0.15) is 18.1 Å². The number of aliphatic carboxylic acids is 2. The molecule has 2 aromatic heterocycles. The van der Waals surface area contributed by atoms with Crippen LogP contribution in [0.5, 0.6) is 0 Å². The van der Waals surface area contributed by atoms with Crippen molar-refractivity contribution in [3.05, 3.63) is 36.4 Å². The molecule has 0 aliphatic rings. The summed E-state index contributed by atoms with van der Waals surface area (Å²) >= 11 is 0. The molecule has 0 saturated heterocycles. The highest BCUT2D eigenvalue weighted by Gasteiger charge is 2.31. The maximum absolute atomic E-state index is 13.2. The number of nitrogens with one attached hydrogen (secondary N) is 5. The molecule has 15 nitrogen and oxygen atoms in total. The zero-order valence-electron chi connectivity index (χ0n) is 20.4. The lowest BCUT2D eigenvalue weighted by Gasteiger charge is -2.25. The zero-order chi connectivity index (χ0) is 27.5. The first-order chi connectivity index (χ1) is 17.5. The third kappa shape index (κ3) is 9.36. The normalized spacial score (nSPS) is 14.3. The Morgan fingerprint density at radius 1 is 0.838 bits per heavy atom. The number of rotatable bonds is 15. The number of nitrogens with two attached hydrogens (primary N) is 1. The third-order valence-electron chi connectivity index (χ3n) is 5.51. The second-order valence-electron chi connectivity index (χ2n) is 8.79. The largest absolute Gasteiger partial charge is 0.481 e. The Bertz CT molecular complexity index is 1060. The van der Waals surface area contributed by atoms with E-state index in [1.54, 1.807) is 13.8 Å². The number of hydrogen-bond donors (Lipinski definition) is 8. The highest BCUT2D eigenvalue weighted by molar-refractivity contribution is 5.94. The Morgan fingerprint density at radius 3 is 1.78 bits per heavy atom. The predicted molar refractivity (Wildman–Crippen MR) is 128 cm³/mol. The maximum atomic E-state index is 13.2. The van der Waals surface area contributed by atoms with Gasteiger partial charge in [-0.2, -0.15) is 0 Å². The molecule has 0 radical (unpaired) electrons. The van der Waals surface area contributed by atoms with Gasteiger partial charge in [0.25, 0.3) is 0 Å². The summed E-state index contributed by atoms with van der Waals surface area (Å²) in [5.41, 5.74) is 6.85. The van der Waals surface area contributed by atoms with Crippen molar-refractivity contribution < 1.29 is 34.2 Å². The van der Waals surface area contributed by atoms with Crippen molar-refractivity contribution in [1.29, 1.82) is 0 Å². The molecule has 37 heavy (non-hydrogen) atoms. The number of aromatic nitrogens is 4. The molecule has 0 aliphatic heterocycles. The molecule has 0 aliphatic carbocycles. The summed E-state index contributed by atoms with van der Waals surface area (Å²) in [6, 6.07) is -4.85. The second-order valence-corrected chi connectivity index (χ2v) is 8.79. The zero-order valence-corrected chi connectivity index (χ0v) is 20.4. The first kappa shape index (κ1) is 29.0. The summed E-state index contributed by atoms with van der Waals surface area (Å²) in [6.07, 6.45) is 4.66. The topological polar surface area (TPSA) is 245 Å². The van der Waals surface area contributed by atoms with Crippen molar-refractivity contribution in [3.8, 4) is 0 Å². The quantitative estimate of drug-likeness (QED) is 0.132. The Kier molecular flexibility index (Phi) is 10.7. The lowest BCUT2D eigenvalue weighted by Crippen LogP contribution is -2.58. The van der Waals surface area contributed by atoms with Gasteiger partial charge >= 0.3 is 11.9 Å². The Hall–Kier alpha value is -4.27. The number of carbonyl (C=O) groups is 5. The van der Waals surface area contributed by atoms with Crippen molar-refractivity contribution in [2.75, 3.05) is 0 Å². The van der Waals surface area contributed by atoms with Gasteiger partial charge in [0.2, 0.25) is 17.7 Å². The number of imidazole rings is 2. The van der Waals surface area contributed by atoms with Crippen LogP contribution in [0, 0.1) is 5.92 Å². The molecule has 4 unspecified atom stereocenters. The van der Waals surface area contributed by atoms with Crippen LogP contribution in [0.3, 0.4) is 0 Å². The van der Waals surface area contributed by atoms with Crippen LogP contribution in [-0.4, -0.2) is 84.0 Å². The number of hydrogen-bond acceptors (Lipinski definition) is 8. The monoisotopic (exact) mass is 520 g/mol. The van der Waals surface area contributed by atoms with E-state index in [1.165, 1.54) is 25.0 Å². The Morgan fingerprint density at radius 2 is 1.32 bits per heavy atom. The molecule has 4 atom stereocenters. The van der Waals surface area contributed by atoms with E-state index in [4.69, 9.17) is 10.8 Å². The van der Waals surface area contributed by atoms with Crippen LogP contribution < -0.4 is 21.7 Å². The van der Waals surface area contributed by atoms with Gasteiger partial charge in [-0.05, 0) is 12.3 Å². The fourth-order valence-corrected chi connectivity index (χ4v) is 3.29. The molecular formula is C22H32N8O7. The molecule has 0 fully saturated rings. The van der Waals surface area contributed by atoms with E-state index >= 15 is 0 Å². The smallest absolute Gasteiger partial charge is 0.326 e. The van der Waals surface area contributed by atoms with E-state index in [9.17, 15) is 29.1 Å². The number of aromatic amines is 2. The summed E-state index contributed by atoms with van der Waals surface area (Å²) in [5.74, 6) is -5.04. The lowest BCUT2D eigenvalue weighted by molar-refractivity contribution is -0.143. The van der Waals surface area contributed by atoms with Crippen LogP contribution in [0.4, 0.5) is 0 Å². The van der Waals surface area contributed by atoms with Crippen LogP contribution >= 0.6 is 0 Å². The molecule has 0 spiro atoms. The molecule has 15 heteroatoms. The first-order valence-corrected chi connectivity index (χ1v) is 11.5. The van der Waals surface area contributed by atoms with Crippen molar-refractivity contribution in [3.63, 3.8) is 0 Å². The predicted octanol–water partition coefficient (Wildman–Crippen LogP) is -1.69. The molecule has 2 rings (SSSR count). The highest BCUT2D eigenvalue weighted by Crippen LogP contribution is 2.07. The summed E-state index contributed by atoms with van der Waals surface area (Å²) in [4.78, 5) is 74.8. The highest BCUT2D eigenvalue weighted by atomic mass is 16.4. The van der Waals surface area contributed by atoms with Gasteiger partial charge in [-0.3, -0.25) is 19.2 Å². The summed E-state index contributed by atoms with van der Waals surface area (Å²) in [5, 5.41) is 26.0. The van der Waals surface area contributed by atoms with E-state index in [1.807, 2.05) is 0 Å². The molecule has 3 amide bonds. The molecule has 0 saturated carbocycles. The number of carboxylic acid groups (broad SMARTS) is 2. The number of nitrogens with zero attached hydrogens (tertiary/aromatic N) is 2. The number of carboxylic acids is 2. The standard InChI is InChI=1S/C22H32N8O7/c1-11(2)18(23)21(35)29-15(5-12-7-24-9-26-12)20(34)28-14(3-4-17(31)32)19(33)30-16(22(36)37)6-13-8-25-10-27-13/h7-11,14-16,18H,3-6,23H2,1-2H3,(H,24,26)(H,25,27)(H,28,34)(H,29,35)(H,30,33)(H,31,32)(H,36,37). The average Bonchev–Trinajstić information content (AvgIpc) is 3.54. The van der Waals surface area contributed by atoms with Gasteiger partial charge in [0.15, 0.2) is 0 Å². The third-order valence-corrected chi connectivity index (χ3v) is 5.51. The second kappa shape index (κ2) is 13.7. The fraction of sp³-hybridized carbons (Fsp3) is 0.500. The lowest BCUT2D eigenvalue weighted by atomic mass is 10.0. The summed E-state index contributed by atoms with van der Waals surface area (Å²) < 4.78 is 0. The Labute approximate surface area is 212 Å². The van der Waals surface area contributed by atoms with Crippen LogP contribution in [0.15, 0.2) is 25.0 Å². The van der Waals surface area contributed by atoms with Gasteiger partial charge in [0, 0.05) is 43.0 Å². The van der Waals surface area contributed by atoms with Crippen molar-refractivity contribution in [1.82, 2.24) is 35.9 Å². The first-order valence-electron chi connectivity index (χ1n) is 11.5. The molecular weight excluding hydrogens is 488 g/mol. The summed E-state index contributed by atoms with van der Waals surface area (Å²) in [7, 11) is 0. The number of amides is 3. The van der Waals surface area contributed by atoms with E-state index < -0.39 is 60.2 Å². The van der Waals surface area contributed by atoms with Gasteiger partial charge in [-0.1, -0.05) is 13.8 Å². The molecule has 9 N–H and O–H groups in total. The van der Waals surface area contributed by atoms with Crippen LogP contribution in [0.25, 0.3) is 0 Å². The minimum absolute atomic E-state index is 0.0206. The summed E-state index contributed by atoms with van der Waals surface area (Å²) in [6.45, 7) is 3.48. The molecule has 202 valence electrons. The van der Waals surface area contributed by atoms with Crippen molar-refractivity contribution in [2.24, 2.45) is 11.7 Å². The van der Waals surface area contributed by atoms with Crippen LogP contribution in [0.2, 0.25) is 0 Å². The maximum Gasteiger partial charge on any atom is 0.326 e. The van der Waals surface area contributed by atoms with Crippen molar-refractivity contribution >= 4 is 29.7 Å². The van der Waals surface area contributed by atoms with Gasteiger partial charge in [-0.15, -0.1) is 0 Å². The minimum atomic E-state index is -1.40. The van der Waals surface area contributed by atoms with Gasteiger partial charge < -0.3 is 41.9 Å². The van der Waals surface area contributed by atoms with Gasteiger partial charge in [0.05, 0.1) is 18.7 Å². The minimum Gasteiger partial charge on any atom is -0.481 e. The Balaban J connectivity index is 2.20.